The Kier molecular flexibility index (Phi) is 7.28. The van der Waals surface area contributed by atoms with Crippen LogP contribution < -0.4 is 20.7 Å². The first-order chi connectivity index (χ1) is 19.0. The zero-order chi connectivity index (χ0) is 28.7. The molecule has 1 saturated heterocycles. The van der Waals surface area contributed by atoms with Crippen LogP contribution in [0.1, 0.15) is 41.5 Å². The molecule has 13 heteroatoms. The van der Waals surface area contributed by atoms with Crippen LogP contribution in [0, 0.1) is 12.7 Å². The summed E-state index contributed by atoms with van der Waals surface area (Å²) in [5.74, 6) is -0.767. The van der Waals surface area contributed by atoms with E-state index in [9.17, 15) is 19.1 Å². The number of anilines is 3. The molecule has 0 spiro atoms. The molecule has 4 heterocycles. The molecule has 4 aromatic rings. The maximum absolute atomic E-state index is 14.8. The molecule has 1 aliphatic rings. The third kappa shape index (κ3) is 5.14. The highest BCUT2D eigenvalue weighted by atomic mass is 35.5. The Hall–Kier alpha value is -4.32. The molecule has 1 fully saturated rings. The van der Waals surface area contributed by atoms with Gasteiger partial charge in [-0.3, -0.25) is 9.36 Å². The lowest BCUT2D eigenvalue weighted by molar-refractivity contribution is 0.0691. The van der Waals surface area contributed by atoms with Crippen LogP contribution in [0.25, 0.3) is 10.9 Å². The fraction of sp³-hybridized carbons (Fsp3) is 0.333. The average Bonchev–Trinajstić information content (AvgIpc) is 2.92. The number of carbonyl (C=O) groups is 1. The van der Waals surface area contributed by atoms with Crippen molar-refractivity contribution in [2.24, 2.45) is 7.05 Å². The van der Waals surface area contributed by atoms with E-state index in [4.69, 9.17) is 16.6 Å². The number of carboxylic acid groups (broad SMARTS) is 1. The van der Waals surface area contributed by atoms with Crippen molar-refractivity contribution < 1.29 is 14.3 Å². The van der Waals surface area contributed by atoms with Crippen LogP contribution in [-0.2, 0) is 7.05 Å². The molecule has 0 aliphatic carbocycles. The van der Waals surface area contributed by atoms with E-state index >= 15 is 0 Å². The number of benzene rings is 1. The summed E-state index contributed by atoms with van der Waals surface area (Å²) in [5.41, 5.74) is 1.26. The number of aromatic carboxylic acids is 1. The molecular weight excluding hydrogens is 539 g/mol. The van der Waals surface area contributed by atoms with Gasteiger partial charge >= 0.3 is 5.97 Å². The second-order valence-electron chi connectivity index (χ2n) is 9.92. The number of hydrogen-bond donors (Lipinski definition) is 2. The second kappa shape index (κ2) is 10.7. The number of fused-ring (bicyclic) bond motifs is 1. The first-order valence-electron chi connectivity index (χ1n) is 12.7. The lowest BCUT2D eigenvalue weighted by Gasteiger charge is -2.40. The van der Waals surface area contributed by atoms with Crippen LogP contribution in [0.3, 0.4) is 0 Å². The van der Waals surface area contributed by atoms with Crippen molar-refractivity contribution >= 4 is 46.1 Å². The monoisotopic (exact) mass is 566 g/mol. The minimum Gasteiger partial charge on any atom is -0.476 e. The predicted molar refractivity (Wildman–Crippen MR) is 151 cm³/mol. The molecule has 0 amide bonds. The zero-order valence-corrected chi connectivity index (χ0v) is 23.1. The molecule has 5 rings (SSSR count). The number of rotatable bonds is 6. The third-order valence-electron chi connectivity index (χ3n) is 6.99. The SMILES string of the molecule is Cc1cnc(N2CCN(c3nc4c([C@@H](C)Nc5ccc(Cl)nc5C(=O)O)cc(F)cc4c(=O)n3C)[C@@H](C)C2)nc1. The van der Waals surface area contributed by atoms with Crippen LogP contribution >= 0.6 is 11.6 Å². The topological polar surface area (TPSA) is 129 Å². The van der Waals surface area contributed by atoms with Crippen LogP contribution in [0.5, 0.6) is 0 Å². The largest absolute Gasteiger partial charge is 0.476 e. The van der Waals surface area contributed by atoms with Crippen LogP contribution in [0.2, 0.25) is 5.15 Å². The maximum Gasteiger partial charge on any atom is 0.356 e. The average molecular weight is 567 g/mol. The molecule has 40 heavy (non-hydrogen) atoms. The standard InChI is InChI=1S/C27H28ClFN8O3/c1-14-11-30-26(31-12-14)36-7-8-37(15(2)13-36)27-34-22-18(9-17(29)10-19(22)24(38)35(27)4)16(3)32-20-5-6-21(28)33-23(20)25(39)40/h5-6,9-12,15-16,32H,7-8,13H2,1-4H3,(H,39,40)/t15-,16+/m0/s1. The summed E-state index contributed by atoms with van der Waals surface area (Å²) < 4.78 is 16.2. The number of carboxylic acids is 1. The molecule has 2 atom stereocenters. The van der Waals surface area contributed by atoms with Gasteiger partial charge in [-0.05, 0) is 50.6 Å². The summed E-state index contributed by atoms with van der Waals surface area (Å²) in [5, 5.41) is 12.8. The number of nitrogens with zero attached hydrogens (tertiary/aromatic N) is 7. The molecule has 2 N–H and O–H groups in total. The maximum atomic E-state index is 14.8. The van der Waals surface area contributed by atoms with Gasteiger partial charge in [-0.2, -0.15) is 0 Å². The van der Waals surface area contributed by atoms with E-state index in [1.54, 1.807) is 26.4 Å². The van der Waals surface area contributed by atoms with Gasteiger partial charge < -0.3 is 20.2 Å². The van der Waals surface area contributed by atoms with Crippen molar-refractivity contribution in [1.82, 2.24) is 24.5 Å². The second-order valence-corrected chi connectivity index (χ2v) is 10.3. The number of nitrogens with one attached hydrogen (secondary N) is 1. The number of halogens is 2. The molecule has 11 nitrogen and oxygen atoms in total. The summed E-state index contributed by atoms with van der Waals surface area (Å²) in [6.45, 7) is 7.50. The molecule has 1 aromatic carbocycles. The van der Waals surface area contributed by atoms with E-state index < -0.39 is 17.8 Å². The Balaban J connectivity index is 1.52. The van der Waals surface area contributed by atoms with Crippen molar-refractivity contribution in [3.63, 3.8) is 0 Å². The normalized spacial score (nSPS) is 16.3. The number of aromatic nitrogens is 5. The van der Waals surface area contributed by atoms with E-state index in [2.05, 4.69) is 25.2 Å². The van der Waals surface area contributed by atoms with Gasteiger partial charge in [-0.15, -0.1) is 0 Å². The molecule has 0 saturated carbocycles. The van der Waals surface area contributed by atoms with Crippen LogP contribution in [0.15, 0.2) is 41.5 Å². The molecule has 3 aromatic heterocycles. The number of piperazine rings is 1. The van der Waals surface area contributed by atoms with Crippen molar-refractivity contribution in [2.75, 3.05) is 34.8 Å². The van der Waals surface area contributed by atoms with Crippen LogP contribution in [-0.4, -0.2) is 61.3 Å². The highest BCUT2D eigenvalue weighted by Gasteiger charge is 2.29. The fourth-order valence-corrected chi connectivity index (χ4v) is 5.10. The summed E-state index contributed by atoms with van der Waals surface area (Å²) in [6, 6.07) is 4.77. The van der Waals surface area contributed by atoms with Gasteiger partial charge in [0.15, 0.2) is 5.69 Å². The Morgan fingerprint density at radius 3 is 2.60 bits per heavy atom. The molecule has 0 unspecified atom stereocenters. The quantitative estimate of drug-likeness (QED) is 0.332. The fourth-order valence-electron chi connectivity index (χ4n) is 4.95. The van der Waals surface area contributed by atoms with Gasteiger partial charge in [0, 0.05) is 50.7 Å². The summed E-state index contributed by atoms with van der Waals surface area (Å²) in [7, 11) is 1.62. The first-order valence-corrected chi connectivity index (χ1v) is 13.1. The van der Waals surface area contributed by atoms with Crippen molar-refractivity contribution in [3.8, 4) is 0 Å². The van der Waals surface area contributed by atoms with Crippen LogP contribution in [0.4, 0.5) is 22.0 Å². The highest BCUT2D eigenvalue weighted by Crippen LogP contribution is 2.30. The summed E-state index contributed by atoms with van der Waals surface area (Å²) in [6.07, 6.45) is 3.56. The van der Waals surface area contributed by atoms with Crippen molar-refractivity contribution in [1.29, 1.82) is 0 Å². The van der Waals surface area contributed by atoms with Gasteiger partial charge in [0.25, 0.3) is 5.56 Å². The molecular formula is C27H28ClFN8O3. The van der Waals surface area contributed by atoms with Gasteiger partial charge in [0.1, 0.15) is 11.0 Å². The highest BCUT2D eigenvalue weighted by molar-refractivity contribution is 6.29. The first kappa shape index (κ1) is 27.3. The molecule has 1 aliphatic heterocycles. The van der Waals surface area contributed by atoms with E-state index in [0.717, 1.165) is 5.56 Å². The molecule has 208 valence electrons. The molecule has 0 radical (unpaired) electrons. The van der Waals surface area contributed by atoms with E-state index in [0.29, 0.717) is 42.6 Å². The Morgan fingerprint density at radius 1 is 1.20 bits per heavy atom. The van der Waals surface area contributed by atoms with E-state index in [1.807, 2.05) is 18.7 Å². The third-order valence-corrected chi connectivity index (χ3v) is 7.20. The summed E-state index contributed by atoms with van der Waals surface area (Å²) in [4.78, 5) is 46.9. The minimum atomic E-state index is -1.26. The smallest absolute Gasteiger partial charge is 0.356 e. The lowest BCUT2D eigenvalue weighted by atomic mass is 10.0. The Labute approximate surface area is 234 Å². The number of pyridine rings is 1. The van der Waals surface area contributed by atoms with Gasteiger partial charge in [0.05, 0.1) is 22.6 Å². The van der Waals surface area contributed by atoms with Gasteiger partial charge in [-0.25, -0.2) is 29.1 Å². The van der Waals surface area contributed by atoms with E-state index in [1.165, 1.54) is 28.8 Å². The number of hydrogen-bond acceptors (Lipinski definition) is 9. The Morgan fingerprint density at radius 2 is 1.93 bits per heavy atom. The summed E-state index contributed by atoms with van der Waals surface area (Å²) >= 11 is 5.89. The lowest BCUT2D eigenvalue weighted by Crippen LogP contribution is -2.54. The molecule has 0 bridgehead atoms. The van der Waals surface area contributed by atoms with Crippen molar-refractivity contribution in [3.05, 3.63) is 74.8 Å². The van der Waals surface area contributed by atoms with Gasteiger partial charge in [0.2, 0.25) is 11.9 Å². The number of aryl methyl sites for hydroxylation is 1. The zero-order valence-electron chi connectivity index (χ0n) is 22.4. The predicted octanol–water partition coefficient (Wildman–Crippen LogP) is 3.81. The minimum absolute atomic E-state index is 0.0322. The van der Waals surface area contributed by atoms with E-state index in [-0.39, 0.29) is 33.5 Å². The van der Waals surface area contributed by atoms with Gasteiger partial charge in [-0.1, -0.05) is 11.6 Å². The Bertz CT molecular complexity index is 1660. The van der Waals surface area contributed by atoms with Crippen molar-refractivity contribution in [2.45, 2.75) is 32.9 Å².